The summed E-state index contributed by atoms with van der Waals surface area (Å²) in [7, 11) is 1.35. The lowest BCUT2D eigenvalue weighted by molar-refractivity contribution is -0.142. The van der Waals surface area contributed by atoms with Gasteiger partial charge in [-0.15, -0.1) is 0 Å². The van der Waals surface area contributed by atoms with Gasteiger partial charge in [0.05, 0.1) is 11.3 Å². The quantitative estimate of drug-likeness (QED) is 0.783. The molecule has 2 aromatic carbocycles. The molecule has 0 aliphatic carbocycles. The van der Waals surface area contributed by atoms with E-state index in [9.17, 15) is 15.0 Å². The summed E-state index contributed by atoms with van der Waals surface area (Å²) in [5, 5.41) is 24.1. The Morgan fingerprint density at radius 3 is 2.52 bits per heavy atom. The highest BCUT2D eigenvalue weighted by Crippen LogP contribution is 2.46. The van der Waals surface area contributed by atoms with Crippen LogP contribution in [0, 0.1) is 0 Å². The van der Waals surface area contributed by atoms with Gasteiger partial charge in [0.25, 0.3) is 5.91 Å². The number of fused-ring (bicyclic) bond motifs is 1. The largest absolute Gasteiger partial charge is 0.507 e. The molecule has 1 amide bonds. The van der Waals surface area contributed by atoms with Crippen molar-refractivity contribution < 1.29 is 19.7 Å². The number of benzene rings is 2. The van der Waals surface area contributed by atoms with E-state index in [2.05, 4.69) is 5.32 Å². The van der Waals surface area contributed by atoms with Crippen LogP contribution < -0.4 is 5.32 Å². The van der Waals surface area contributed by atoms with Gasteiger partial charge in [-0.25, -0.2) is 0 Å². The van der Waals surface area contributed by atoms with Crippen LogP contribution in [0.25, 0.3) is 0 Å². The maximum absolute atomic E-state index is 12.2. The van der Waals surface area contributed by atoms with Gasteiger partial charge in [-0.3, -0.25) is 4.79 Å². The molecule has 3 rings (SSSR count). The molecule has 2 aromatic rings. The normalized spacial score (nSPS) is 24.3. The molecule has 0 radical (unpaired) electrons. The molecule has 0 saturated heterocycles. The molecule has 3 N–H and O–H groups in total. The van der Waals surface area contributed by atoms with Crippen LogP contribution in [0.2, 0.25) is 0 Å². The number of carbonyl (C=O) groups excluding carboxylic acids is 1. The van der Waals surface area contributed by atoms with Crippen molar-refractivity contribution >= 4 is 11.6 Å². The van der Waals surface area contributed by atoms with Crippen LogP contribution in [0.1, 0.15) is 11.1 Å². The Kier molecular flexibility index (Phi) is 3.16. The molecule has 0 bridgehead atoms. The number of hydrogen-bond acceptors (Lipinski definition) is 4. The zero-order chi connectivity index (χ0) is 15.0. The van der Waals surface area contributed by atoms with Crippen molar-refractivity contribution in [2.45, 2.75) is 11.7 Å². The van der Waals surface area contributed by atoms with Gasteiger partial charge in [0.15, 0.2) is 11.7 Å². The van der Waals surface area contributed by atoms with E-state index in [4.69, 9.17) is 4.74 Å². The summed E-state index contributed by atoms with van der Waals surface area (Å²) >= 11 is 0. The van der Waals surface area contributed by atoms with E-state index in [1.807, 2.05) is 6.07 Å². The molecule has 1 aliphatic rings. The van der Waals surface area contributed by atoms with E-state index < -0.39 is 17.6 Å². The van der Waals surface area contributed by atoms with Crippen LogP contribution in [-0.2, 0) is 15.1 Å². The summed E-state index contributed by atoms with van der Waals surface area (Å²) in [5.74, 6) is -0.553. The number of phenols is 1. The number of anilines is 1. The Morgan fingerprint density at radius 2 is 1.86 bits per heavy atom. The SMILES string of the molecule is CO[C@@H]1C(=O)Nc2cccc(O)c2[C@@]1(O)c1ccccc1. The predicted molar refractivity (Wildman–Crippen MR) is 77.0 cm³/mol. The second-order valence-corrected chi connectivity index (χ2v) is 4.94. The van der Waals surface area contributed by atoms with Crippen molar-refractivity contribution in [3.63, 3.8) is 0 Å². The standard InChI is InChI=1S/C16H15NO4/c1-21-14-15(19)17-11-8-5-9-12(18)13(11)16(14,20)10-6-3-2-4-7-10/h2-9,14,18,20H,1H3,(H,17,19)/t14-,16+/m1/s1. The van der Waals surface area contributed by atoms with Gasteiger partial charge in [-0.2, -0.15) is 0 Å². The lowest BCUT2D eigenvalue weighted by atomic mass is 9.77. The Labute approximate surface area is 121 Å². The maximum Gasteiger partial charge on any atom is 0.257 e. The van der Waals surface area contributed by atoms with Crippen LogP contribution in [-0.4, -0.2) is 29.3 Å². The number of aliphatic hydroxyl groups is 1. The van der Waals surface area contributed by atoms with Crippen LogP contribution in [0.5, 0.6) is 5.75 Å². The average Bonchev–Trinajstić information content (AvgIpc) is 2.48. The smallest absolute Gasteiger partial charge is 0.257 e. The fraction of sp³-hybridized carbons (Fsp3) is 0.188. The number of methoxy groups -OCH3 is 1. The molecule has 0 aromatic heterocycles. The molecule has 0 saturated carbocycles. The van der Waals surface area contributed by atoms with Crippen molar-refractivity contribution in [3.05, 3.63) is 59.7 Å². The van der Waals surface area contributed by atoms with Crippen LogP contribution >= 0.6 is 0 Å². The summed E-state index contributed by atoms with van der Waals surface area (Å²) in [4.78, 5) is 12.2. The number of amides is 1. The highest BCUT2D eigenvalue weighted by molar-refractivity contribution is 6.00. The number of nitrogens with one attached hydrogen (secondary N) is 1. The Balaban J connectivity index is 2.32. The summed E-state index contributed by atoms with van der Waals surface area (Å²) < 4.78 is 5.21. The number of aromatic hydroxyl groups is 1. The third-order valence-electron chi connectivity index (χ3n) is 3.75. The van der Waals surface area contributed by atoms with Gasteiger partial charge >= 0.3 is 0 Å². The maximum atomic E-state index is 12.2. The first-order valence-electron chi connectivity index (χ1n) is 6.53. The van der Waals surface area contributed by atoms with Gasteiger partial charge in [0, 0.05) is 7.11 Å². The molecule has 5 nitrogen and oxygen atoms in total. The molecule has 1 aliphatic heterocycles. The third kappa shape index (κ3) is 1.90. The number of ether oxygens (including phenoxy) is 1. The van der Waals surface area contributed by atoms with Gasteiger partial charge < -0.3 is 20.3 Å². The molecule has 108 valence electrons. The van der Waals surface area contributed by atoms with Crippen molar-refractivity contribution in [3.8, 4) is 5.75 Å². The molecular weight excluding hydrogens is 270 g/mol. The molecule has 0 fully saturated rings. The third-order valence-corrected chi connectivity index (χ3v) is 3.75. The number of rotatable bonds is 2. The van der Waals surface area contributed by atoms with Crippen molar-refractivity contribution in [1.82, 2.24) is 0 Å². The highest BCUT2D eigenvalue weighted by Gasteiger charge is 2.51. The Morgan fingerprint density at radius 1 is 1.14 bits per heavy atom. The zero-order valence-electron chi connectivity index (χ0n) is 11.4. The number of phenolic OH excluding ortho intramolecular Hbond substituents is 1. The van der Waals surface area contributed by atoms with Gasteiger partial charge in [-0.05, 0) is 17.7 Å². The monoisotopic (exact) mass is 285 g/mol. The summed E-state index contributed by atoms with van der Waals surface area (Å²) in [6, 6.07) is 13.4. The van der Waals surface area contributed by atoms with Crippen LogP contribution in [0.3, 0.4) is 0 Å². The second kappa shape index (κ2) is 4.87. The van der Waals surface area contributed by atoms with Crippen LogP contribution in [0.15, 0.2) is 48.5 Å². The summed E-state index contributed by atoms with van der Waals surface area (Å²) in [6.07, 6.45) is -1.15. The van der Waals surface area contributed by atoms with E-state index in [1.54, 1.807) is 36.4 Å². The lowest BCUT2D eigenvalue weighted by Gasteiger charge is -2.40. The van der Waals surface area contributed by atoms with Crippen molar-refractivity contribution in [2.24, 2.45) is 0 Å². The lowest BCUT2D eigenvalue weighted by Crippen LogP contribution is -2.52. The van der Waals surface area contributed by atoms with Crippen molar-refractivity contribution in [2.75, 3.05) is 12.4 Å². The number of hydrogen-bond donors (Lipinski definition) is 3. The predicted octanol–water partition coefficient (Wildman–Crippen LogP) is 1.60. The minimum atomic E-state index is -1.75. The first kappa shape index (κ1) is 13.6. The molecule has 0 unspecified atom stereocenters. The topological polar surface area (TPSA) is 78.8 Å². The summed E-state index contributed by atoms with van der Waals surface area (Å²) in [5.41, 5.74) is -0.657. The second-order valence-electron chi connectivity index (χ2n) is 4.94. The van der Waals surface area contributed by atoms with E-state index in [-0.39, 0.29) is 11.3 Å². The Hall–Kier alpha value is -2.37. The molecule has 2 atom stereocenters. The zero-order valence-corrected chi connectivity index (χ0v) is 11.4. The minimum Gasteiger partial charge on any atom is -0.507 e. The van der Waals surface area contributed by atoms with Gasteiger partial charge in [0.1, 0.15) is 5.75 Å². The van der Waals surface area contributed by atoms with E-state index in [1.165, 1.54) is 13.2 Å². The van der Waals surface area contributed by atoms with Crippen LogP contribution in [0.4, 0.5) is 5.69 Å². The Bertz CT molecular complexity index is 686. The van der Waals surface area contributed by atoms with Gasteiger partial charge in [0.2, 0.25) is 0 Å². The number of carbonyl (C=O) groups is 1. The first-order valence-corrected chi connectivity index (χ1v) is 6.53. The van der Waals surface area contributed by atoms with E-state index in [0.29, 0.717) is 11.3 Å². The molecule has 0 spiro atoms. The average molecular weight is 285 g/mol. The first-order chi connectivity index (χ1) is 10.1. The van der Waals surface area contributed by atoms with E-state index in [0.717, 1.165) is 0 Å². The minimum absolute atomic E-state index is 0.0964. The highest BCUT2D eigenvalue weighted by atomic mass is 16.5. The van der Waals surface area contributed by atoms with Gasteiger partial charge in [-0.1, -0.05) is 36.4 Å². The molecule has 1 heterocycles. The molecule has 5 heteroatoms. The fourth-order valence-corrected chi connectivity index (χ4v) is 2.83. The molecule has 21 heavy (non-hydrogen) atoms. The summed E-state index contributed by atoms with van der Waals surface area (Å²) in [6.45, 7) is 0. The van der Waals surface area contributed by atoms with E-state index >= 15 is 0 Å². The fourth-order valence-electron chi connectivity index (χ4n) is 2.83. The van der Waals surface area contributed by atoms with Crippen molar-refractivity contribution in [1.29, 1.82) is 0 Å². The molecular formula is C16H15NO4.